The van der Waals surface area contributed by atoms with Crippen molar-refractivity contribution < 1.29 is 9.47 Å². The number of nitriles is 2. The summed E-state index contributed by atoms with van der Waals surface area (Å²) < 4.78 is 11.6. The van der Waals surface area contributed by atoms with E-state index in [1.165, 1.54) is 0 Å². The van der Waals surface area contributed by atoms with Crippen molar-refractivity contribution in [3.63, 3.8) is 0 Å². The predicted molar refractivity (Wildman–Crippen MR) is 86.2 cm³/mol. The van der Waals surface area contributed by atoms with Crippen LogP contribution in [0.2, 0.25) is 0 Å². The van der Waals surface area contributed by atoms with Crippen LogP contribution in [0.3, 0.4) is 0 Å². The predicted octanol–water partition coefficient (Wildman–Crippen LogP) is 2.31. The largest absolute Gasteiger partial charge is 0.386 e. The summed E-state index contributed by atoms with van der Waals surface area (Å²) in [5, 5.41) is 20.2. The number of ether oxygens (including phenoxy) is 2. The fourth-order valence-electron chi connectivity index (χ4n) is 5.91. The van der Waals surface area contributed by atoms with Crippen LogP contribution in [0.1, 0.15) is 46.5 Å². The normalized spacial score (nSPS) is 45.5. The molecule has 2 spiro atoms. The second-order valence-electron chi connectivity index (χ2n) is 8.72. The Hall–Kier alpha value is -1.63. The average Bonchev–Trinajstić information content (AvgIpc) is 2.82. The molecule has 6 heteroatoms. The number of amidine groups is 1. The van der Waals surface area contributed by atoms with E-state index in [-0.39, 0.29) is 11.3 Å². The Bertz CT molecular complexity index is 696. The second-order valence-corrected chi connectivity index (χ2v) is 8.72. The zero-order valence-corrected chi connectivity index (χ0v) is 14.6. The lowest BCUT2D eigenvalue weighted by Crippen LogP contribution is -2.43. The fraction of sp³-hybridized carbons (Fsp3) is 0.833. The van der Waals surface area contributed by atoms with E-state index in [9.17, 15) is 10.5 Å². The molecule has 128 valence electrons. The van der Waals surface area contributed by atoms with Gasteiger partial charge in [-0.1, -0.05) is 20.8 Å². The smallest absolute Gasteiger partial charge is 0.293 e. The van der Waals surface area contributed by atoms with E-state index in [0.717, 1.165) is 25.7 Å². The summed E-state index contributed by atoms with van der Waals surface area (Å²) in [6.45, 7) is 7.52. The first kappa shape index (κ1) is 15.9. The molecule has 0 unspecified atom stereocenters. The maximum absolute atomic E-state index is 10.2. The molecule has 2 aliphatic carbocycles. The van der Waals surface area contributed by atoms with Gasteiger partial charge in [0.15, 0.2) is 5.41 Å². The van der Waals surface area contributed by atoms with Crippen LogP contribution in [0.5, 0.6) is 0 Å². The highest BCUT2D eigenvalue weighted by Gasteiger charge is 3.00. The SMILES string of the molecule is CC(C)(C)C1CCC2(CC1)[C@@]1(C#N)C3(N=C(N)[C@@]21C#N)OCCO3. The van der Waals surface area contributed by atoms with Crippen LogP contribution in [-0.4, -0.2) is 25.0 Å². The molecule has 4 aliphatic rings. The van der Waals surface area contributed by atoms with Gasteiger partial charge in [-0.3, -0.25) is 0 Å². The van der Waals surface area contributed by atoms with Gasteiger partial charge in [-0.05, 0) is 37.0 Å². The van der Waals surface area contributed by atoms with E-state index >= 15 is 0 Å². The number of rotatable bonds is 0. The van der Waals surface area contributed by atoms with Crippen molar-refractivity contribution in [1.82, 2.24) is 0 Å². The van der Waals surface area contributed by atoms with Crippen molar-refractivity contribution in [2.45, 2.75) is 52.4 Å². The van der Waals surface area contributed by atoms with Gasteiger partial charge in [0, 0.05) is 5.41 Å². The Labute approximate surface area is 142 Å². The molecule has 0 bridgehead atoms. The molecule has 0 aromatic heterocycles. The van der Waals surface area contributed by atoms with Gasteiger partial charge in [0.1, 0.15) is 11.3 Å². The zero-order chi connectivity index (χ0) is 17.4. The van der Waals surface area contributed by atoms with Crippen LogP contribution in [0.25, 0.3) is 0 Å². The molecule has 1 saturated heterocycles. The zero-order valence-electron chi connectivity index (χ0n) is 14.6. The molecule has 2 heterocycles. The minimum atomic E-state index is -1.38. The molecule has 24 heavy (non-hydrogen) atoms. The lowest BCUT2D eigenvalue weighted by atomic mass is 9.65. The summed E-state index contributed by atoms with van der Waals surface area (Å²) >= 11 is 0. The van der Waals surface area contributed by atoms with Gasteiger partial charge in [-0.15, -0.1) is 0 Å². The van der Waals surface area contributed by atoms with Crippen molar-refractivity contribution in [3.8, 4) is 12.1 Å². The first-order valence-corrected chi connectivity index (χ1v) is 8.73. The quantitative estimate of drug-likeness (QED) is 0.734. The molecule has 3 fully saturated rings. The monoisotopic (exact) mass is 328 g/mol. The van der Waals surface area contributed by atoms with Gasteiger partial charge in [0.25, 0.3) is 5.91 Å². The maximum atomic E-state index is 10.2. The highest BCUT2D eigenvalue weighted by molar-refractivity contribution is 6.00. The van der Waals surface area contributed by atoms with Crippen molar-refractivity contribution in [2.24, 2.45) is 38.3 Å². The molecule has 2 N–H and O–H groups in total. The molecule has 6 nitrogen and oxygen atoms in total. The number of hydrogen-bond acceptors (Lipinski definition) is 6. The van der Waals surface area contributed by atoms with Gasteiger partial charge in [0.2, 0.25) is 0 Å². The number of nitrogens with two attached hydrogens (primary N) is 1. The van der Waals surface area contributed by atoms with Gasteiger partial charge in [-0.25, -0.2) is 4.99 Å². The molecule has 0 radical (unpaired) electrons. The molecule has 2 aliphatic heterocycles. The first-order chi connectivity index (χ1) is 11.3. The number of aliphatic imine (C=N–C) groups is 1. The molecule has 0 aromatic rings. The minimum Gasteiger partial charge on any atom is -0.386 e. The maximum Gasteiger partial charge on any atom is 0.293 e. The third-order valence-electron chi connectivity index (χ3n) is 7.14. The van der Waals surface area contributed by atoms with Crippen LogP contribution in [-0.2, 0) is 9.47 Å². The third-order valence-corrected chi connectivity index (χ3v) is 7.14. The van der Waals surface area contributed by atoms with Crippen LogP contribution < -0.4 is 5.73 Å². The molecule has 2 saturated carbocycles. The van der Waals surface area contributed by atoms with Crippen LogP contribution in [0.15, 0.2) is 4.99 Å². The second kappa shape index (κ2) is 4.31. The summed E-state index contributed by atoms with van der Waals surface area (Å²) in [5.74, 6) is -0.575. The van der Waals surface area contributed by atoms with E-state index in [0.29, 0.717) is 19.1 Å². The van der Waals surface area contributed by atoms with Gasteiger partial charge in [-0.2, -0.15) is 10.5 Å². The summed E-state index contributed by atoms with van der Waals surface area (Å²) in [6, 6.07) is 4.80. The summed E-state index contributed by atoms with van der Waals surface area (Å²) in [4.78, 5) is 4.36. The Kier molecular flexibility index (Phi) is 2.85. The van der Waals surface area contributed by atoms with E-state index < -0.39 is 22.2 Å². The molecule has 2 atom stereocenters. The number of hydrogen-bond donors (Lipinski definition) is 1. The number of fused-ring (bicyclic) bond motifs is 4. The van der Waals surface area contributed by atoms with Crippen LogP contribution in [0.4, 0.5) is 0 Å². The lowest BCUT2D eigenvalue weighted by Gasteiger charge is -2.40. The van der Waals surface area contributed by atoms with E-state index in [4.69, 9.17) is 15.2 Å². The van der Waals surface area contributed by atoms with Crippen molar-refractivity contribution in [1.29, 1.82) is 10.5 Å². The Morgan fingerprint density at radius 3 is 2.17 bits per heavy atom. The fourth-order valence-corrected chi connectivity index (χ4v) is 5.91. The minimum absolute atomic E-state index is 0.225. The summed E-state index contributed by atoms with van der Waals surface area (Å²) in [6.07, 6.45) is 3.56. The van der Waals surface area contributed by atoms with Crippen molar-refractivity contribution in [2.75, 3.05) is 13.2 Å². The molecular formula is C18H24N4O2. The first-order valence-electron chi connectivity index (χ1n) is 8.73. The Balaban J connectivity index is 1.78. The molecular weight excluding hydrogens is 304 g/mol. The average molecular weight is 328 g/mol. The van der Waals surface area contributed by atoms with Crippen LogP contribution >= 0.6 is 0 Å². The Morgan fingerprint density at radius 2 is 1.71 bits per heavy atom. The molecule has 0 amide bonds. The summed E-state index contributed by atoms with van der Waals surface area (Å²) in [5.41, 5.74) is 3.78. The Morgan fingerprint density at radius 1 is 1.12 bits per heavy atom. The van der Waals surface area contributed by atoms with Crippen molar-refractivity contribution in [3.05, 3.63) is 0 Å². The van der Waals surface area contributed by atoms with E-state index in [2.05, 4.69) is 37.9 Å². The van der Waals surface area contributed by atoms with Gasteiger partial charge in [0.05, 0.1) is 25.4 Å². The van der Waals surface area contributed by atoms with E-state index in [1.54, 1.807) is 0 Å². The summed E-state index contributed by atoms with van der Waals surface area (Å²) in [7, 11) is 0. The number of nitrogens with zero attached hydrogens (tertiary/aromatic N) is 3. The van der Waals surface area contributed by atoms with Crippen LogP contribution in [0, 0.1) is 50.2 Å². The highest BCUT2D eigenvalue weighted by atomic mass is 16.8. The van der Waals surface area contributed by atoms with Gasteiger partial charge < -0.3 is 15.2 Å². The standard InChI is InChI=1S/C18H24N4O2/c1-14(2,3)12-4-6-15(7-5-12)16(10-19)13(21)22-18(17(15,16)11-20)23-8-9-24-18/h12H,4-9H2,1-3H3,(H2,21,22)/t12?,15?,16-,17+/m0/s1. The van der Waals surface area contributed by atoms with Gasteiger partial charge >= 0.3 is 0 Å². The van der Waals surface area contributed by atoms with Crippen molar-refractivity contribution >= 4 is 5.84 Å². The highest BCUT2D eigenvalue weighted by Crippen LogP contribution is 2.89. The third kappa shape index (κ3) is 1.31. The lowest BCUT2D eigenvalue weighted by molar-refractivity contribution is -0.194. The van der Waals surface area contributed by atoms with E-state index in [1.807, 2.05) is 0 Å². The topological polar surface area (TPSA) is 104 Å². The molecule has 4 rings (SSSR count). The molecule has 0 aromatic carbocycles.